The van der Waals surface area contributed by atoms with Crippen LogP contribution in [0.3, 0.4) is 0 Å². The van der Waals surface area contributed by atoms with Gasteiger partial charge in [0.25, 0.3) is 0 Å². The minimum atomic E-state index is 0.0398. The summed E-state index contributed by atoms with van der Waals surface area (Å²) >= 11 is 0. The van der Waals surface area contributed by atoms with Crippen molar-refractivity contribution in [2.75, 3.05) is 0 Å². The smallest absolute Gasteiger partial charge is 0.0571 e. The molecule has 0 aliphatic heterocycles. The molecule has 1 N–H and O–H groups in total. The Hall–Kier alpha value is -0.0400. The molecule has 2 rings (SSSR count). The lowest BCUT2D eigenvalue weighted by atomic mass is 9.76. The third-order valence-electron chi connectivity index (χ3n) is 3.55. The van der Waals surface area contributed by atoms with E-state index < -0.39 is 0 Å². The van der Waals surface area contributed by atoms with Crippen molar-refractivity contribution >= 4 is 0 Å². The zero-order chi connectivity index (χ0) is 7.35. The number of hydrogen-bond acceptors (Lipinski definition) is 1. The van der Waals surface area contributed by atoms with Gasteiger partial charge in [-0.1, -0.05) is 13.8 Å². The first kappa shape index (κ1) is 6.66. The van der Waals surface area contributed by atoms with E-state index in [1.165, 1.54) is 12.8 Å². The standard InChI is InChI=1S/C9H16O/c1-9(2)5-6-3-7(9)4-8(6)10/h6-8,10H,3-5H2,1-2H3/t6-,7-,8-/m0/s1. The summed E-state index contributed by atoms with van der Waals surface area (Å²) in [7, 11) is 0. The Balaban J connectivity index is 2.16. The number of hydrogen-bond donors (Lipinski definition) is 1. The summed E-state index contributed by atoms with van der Waals surface area (Å²) in [5.41, 5.74) is 0.532. The first-order chi connectivity index (χ1) is 4.59. The summed E-state index contributed by atoms with van der Waals surface area (Å²) in [5, 5.41) is 9.45. The molecular formula is C9H16O. The molecule has 2 fully saturated rings. The second-order valence-electron chi connectivity index (χ2n) is 4.69. The molecule has 1 heteroatoms. The Labute approximate surface area is 62.4 Å². The van der Waals surface area contributed by atoms with E-state index in [0.29, 0.717) is 11.3 Å². The van der Waals surface area contributed by atoms with Crippen LogP contribution >= 0.6 is 0 Å². The predicted octanol–water partition coefficient (Wildman–Crippen LogP) is 1.80. The lowest BCUT2D eigenvalue weighted by molar-refractivity contribution is 0.0685. The van der Waals surface area contributed by atoms with E-state index in [0.717, 1.165) is 12.3 Å². The number of aliphatic hydroxyl groups is 1. The largest absolute Gasteiger partial charge is 0.393 e. The normalized spacial score (nSPS) is 50.1. The van der Waals surface area contributed by atoms with Crippen molar-refractivity contribution in [3.8, 4) is 0 Å². The van der Waals surface area contributed by atoms with Crippen molar-refractivity contribution in [3.05, 3.63) is 0 Å². The molecule has 10 heavy (non-hydrogen) atoms. The van der Waals surface area contributed by atoms with Crippen LogP contribution in [0.4, 0.5) is 0 Å². The molecule has 2 saturated carbocycles. The van der Waals surface area contributed by atoms with E-state index in [4.69, 9.17) is 0 Å². The summed E-state index contributed by atoms with van der Waals surface area (Å²) < 4.78 is 0. The van der Waals surface area contributed by atoms with Gasteiger partial charge in [0, 0.05) is 0 Å². The minimum Gasteiger partial charge on any atom is -0.393 e. The molecule has 0 aromatic heterocycles. The predicted molar refractivity (Wildman–Crippen MR) is 40.6 cm³/mol. The van der Waals surface area contributed by atoms with Gasteiger partial charge in [-0.2, -0.15) is 0 Å². The quantitative estimate of drug-likeness (QED) is 0.544. The Bertz CT molecular complexity index is 149. The van der Waals surface area contributed by atoms with Gasteiger partial charge in [0.05, 0.1) is 6.10 Å². The maximum absolute atomic E-state index is 9.45. The third-order valence-corrected chi connectivity index (χ3v) is 3.55. The molecule has 2 aliphatic rings. The third kappa shape index (κ3) is 0.731. The summed E-state index contributed by atoms with van der Waals surface area (Å²) in [4.78, 5) is 0. The molecule has 3 atom stereocenters. The summed E-state index contributed by atoms with van der Waals surface area (Å²) in [6, 6.07) is 0. The lowest BCUT2D eigenvalue weighted by Gasteiger charge is -2.31. The van der Waals surface area contributed by atoms with Gasteiger partial charge in [0.1, 0.15) is 0 Å². The van der Waals surface area contributed by atoms with Gasteiger partial charge in [-0.3, -0.25) is 0 Å². The second kappa shape index (κ2) is 1.76. The lowest BCUT2D eigenvalue weighted by Crippen LogP contribution is -2.27. The molecule has 2 aliphatic carbocycles. The average molecular weight is 140 g/mol. The van der Waals surface area contributed by atoms with Crippen LogP contribution in [-0.4, -0.2) is 11.2 Å². The van der Waals surface area contributed by atoms with Gasteiger partial charge in [0.2, 0.25) is 0 Å². The zero-order valence-electron chi connectivity index (χ0n) is 6.80. The summed E-state index contributed by atoms with van der Waals surface area (Å²) in [6.07, 6.45) is 3.64. The number of fused-ring (bicyclic) bond motifs is 2. The van der Waals surface area contributed by atoms with Crippen molar-refractivity contribution in [2.45, 2.75) is 39.2 Å². The van der Waals surface area contributed by atoms with Crippen molar-refractivity contribution in [2.24, 2.45) is 17.3 Å². The number of rotatable bonds is 0. The van der Waals surface area contributed by atoms with E-state index in [-0.39, 0.29) is 6.10 Å². The molecule has 2 bridgehead atoms. The summed E-state index contributed by atoms with van der Waals surface area (Å²) in [5.74, 6) is 1.45. The van der Waals surface area contributed by atoms with Crippen LogP contribution in [0.1, 0.15) is 33.1 Å². The van der Waals surface area contributed by atoms with Crippen molar-refractivity contribution < 1.29 is 5.11 Å². The van der Waals surface area contributed by atoms with Crippen LogP contribution in [0.2, 0.25) is 0 Å². The molecule has 0 saturated heterocycles. The maximum atomic E-state index is 9.45. The second-order valence-corrected chi connectivity index (χ2v) is 4.69. The molecule has 0 amide bonds. The molecule has 1 nitrogen and oxygen atoms in total. The summed E-state index contributed by atoms with van der Waals surface area (Å²) in [6.45, 7) is 4.67. The van der Waals surface area contributed by atoms with Crippen LogP contribution in [0.25, 0.3) is 0 Å². The Morgan fingerprint density at radius 3 is 2.30 bits per heavy atom. The molecular weight excluding hydrogens is 124 g/mol. The van der Waals surface area contributed by atoms with E-state index in [2.05, 4.69) is 13.8 Å². The highest BCUT2D eigenvalue weighted by molar-refractivity contribution is 4.99. The van der Waals surface area contributed by atoms with Crippen molar-refractivity contribution in [1.82, 2.24) is 0 Å². The maximum Gasteiger partial charge on any atom is 0.0571 e. The van der Waals surface area contributed by atoms with Gasteiger partial charge >= 0.3 is 0 Å². The van der Waals surface area contributed by atoms with Gasteiger partial charge in [-0.05, 0) is 36.5 Å². The Kier molecular flexibility index (Phi) is 1.17. The van der Waals surface area contributed by atoms with Crippen molar-refractivity contribution in [1.29, 1.82) is 0 Å². The fraction of sp³-hybridized carbons (Fsp3) is 1.00. The van der Waals surface area contributed by atoms with Crippen LogP contribution in [0.5, 0.6) is 0 Å². The Morgan fingerprint density at radius 1 is 1.30 bits per heavy atom. The van der Waals surface area contributed by atoms with Crippen LogP contribution in [0, 0.1) is 17.3 Å². The van der Waals surface area contributed by atoms with Gasteiger partial charge < -0.3 is 5.11 Å². The van der Waals surface area contributed by atoms with Crippen LogP contribution in [0.15, 0.2) is 0 Å². The fourth-order valence-corrected chi connectivity index (χ4v) is 2.80. The molecule has 0 radical (unpaired) electrons. The first-order valence-corrected chi connectivity index (χ1v) is 4.28. The zero-order valence-corrected chi connectivity index (χ0v) is 6.80. The minimum absolute atomic E-state index is 0.0398. The fourth-order valence-electron chi connectivity index (χ4n) is 2.80. The molecule has 0 unspecified atom stereocenters. The van der Waals surface area contributed by atoms with Gasteiger partial charge in [0.15, 0.2) is 0 Å². The van der Waals surface area contributed by atoms with Crippen LogP contribution in [-0.2, 0) is 0 Å². The Morgan fingerprint density at radius 2 is 2.00 bits per heavy atom. The van der Waals surface area contributed by atoms with Gasteiger partial charge in [-0.25, -0.2) is 0 Å². The van der Waals surface area contributed by atoms with E-state index in [1.807, 2.05) is 0 Å². The van der Waals surface area contributed by atoms with E-state index >= 15 is 0 Å². The highest BCUT2D eigenvalue weighted by Gasteiger charge is 2.49. The molecule has 0 aromatic carbocycles. The molecule has 58 valence electrons. The topological polar surface area (TPSA) is 20.2 Å². The monoisotopic (exact) mass is 140 g/mol. The first-order valence-electron chi connectivity index (χ1n) is 4.28. The highest BCUT2D eigenvalue weighted by atomic mass is 16.3. The van der Waals surface area contributed by atoms with Crippen LogP contribution < -0.4 is 0 Å². The number of aliphatic hydroxyl groups excluding tert-OH is 1. The van der Waals surface area contributed by atoms with E-state index in [1.54, 1.807) is 0 Å². The molecule has 0 heterocycles. The van der Waals surface area contributed by atoms with Crippen molar-refractivity contribution in [3.63, 3.8) is 0 Å². The highest BCUT2D eigenvalue weighted by Crippen LogP contribution is 2.55. The average Bonchev–Trinajstić information content (AvgIpc) is 2.21. The SMILES string of the molecule is CC1(C)C[C@@H]2C[C@H]1C[C@@H]2O. The van der Waals surface area contributed by atoms with E-state index in [9.17, 15) is 5.11 Å². The molecule has 0 spiro atoms. The molecule has 0 aromatic rings. The van der Waals surface area contributed by atoms with Gasteiger partial charge in [-0.15, -0.1) is 0 Å².